The average Bonchev–Trinajstić information content (AvgIpc) is 3.00. The molecular weight excluding hydrogens is 589 g/mol. The first-order chi connectivity index (χ1) is 21.6. The monoisotopic (exact) mass is 615 g/mol. The molecule has 4 aromatic rings. The molecule has 1 atom stereocenters. The maximum atomic E-state index is 14.6. The van der Waals surface area contributed by atoms with Gasteiger partial charge in [-0.15, -0.1) is 0 Å². The van der Waals surface area contributed by atoms with Crippen molar-refractivity contribution in [1.29, 1.82) is 0 Å². The van der Waals surface area contributed by atoms with Crippen LogP contribution < -0.4 is 14.2 Å². The molecule has 0 heterocycles. The van der Waals surface area contributed by atoms with Crippen molar-refractivity contribution in [2.45, 2.75) is 31.8 Å². The number of halogens is 1. The van der Waals surface area contributed by atoms with Crippen LogP contribution in [0.4, 0.5) is 18.8 Å². The largest absolute Gasteiger partial charge is 0.511 e. The Morgan fingerprint density at radius 3 is 2.04 bits per heavy atom. The number of hydrogen-bond donors (Lipinski definition) is 3. The van der Waals surface area contributed by atoms with Crippen molar-refractivity contribution in [2.24, 2.45) is 0 Å². The highest BCUT2D eigenvalue weighted by Crippen LogP contribution is 2.41. The second kappa shape index (κ2) is 13.2. The SMILES string of the molecule is O=C(O)Oc1cc(OC(=O)O)c(C(=O)N(Cc2ccccc2-c2ccc(F)cc2)[C@H]2CCCc3ccccc32)cc1OC(=O)O. The minimum absolute atomic E-state index is 0.000391. The Morgan fingerprint density at radius 2 is 1.36 bits per heavy atom. The Hall–Kier alpha value is -5.91. The van der Waals surface area contributed by atoms with E-state index in [0.29, 0.717) is 17.5 Å². The van der Waals surface area contributed by atoms with E-state index < -0.39 is 59.0 Å². The zero-order valence-electron chi connectivity index (χ0n) is 23.5. The lowest BCUT2D eigenvalue weighted by molar-refractivity contribution is 0.0633. The third kappa shape index (κ3) is 7.02. The molecular formula is C33H26FNO10. The molecule has 1 aliphatic rings. The summed E-state index contributed by atoms with van der Waals surface area (Å²) in [5, 5.41) is 27.9. The minimum atomic E-state index is -1.84. The van der Waals surface area contributed by atoms with Gasteiger partial charge in [0.15, 0.2) is 17.2 Å². The lowest BCUT2D eigenvalue weighted by Gasteiger charge is -2.37. The summed E-state index contributed by atoms with van der Waals surface area (Å²) in [5.41, 5.74) is 3.61. The minimum Gasteiger partial charge on any atom is -0.449 e. The fraction of sp³-hybridized carbons (Fsp3) is 0.152. The summed E-state index contributed by atoms with van der Waals surface area (Å²) in [6.07, 6.45) is -3.41. The van der Waals surface area contributed by atoms with Gasteiger partial charge in [-0.2, -0.15) is 0 Å². The summed E-state index contributed by atoms with van der Waals surface area (Å²) >= 11 is 0. The summed E-state index contributed by atoms with van der Waals surface area (Å²) in [5.74, 6) is -3.12. The Kier molecular flexibility index (Phi) is 8.94. The van der Waals surface area contributed by atoms with Crippen LogP contribution in [0, 0.1) is 5.82 Å². The van der Waals surface area contributed by atoms with E-state index in [2.05, 4.69) is 4.74 Å². The van der Waals surface area contributed by atoms with Gasteiger partial charge in [0.25, 0.3) is 5.91 Å². The van der Waals surface area contributed by atoms with Crippen LogP contribution in [0.3, 0.4) is 0 Å². The second-order valence-corrected chi connectivity index (χ2v) is 10.1. The molecule has 5 rings (SSSR count). The molecule has 0 saturated heterocycles. The van der Waals surface area contributed by atoms with Crippen LogP contribution in [0.25, 0.3) is 11.1 Å². The van der Waals surface area contributed by atoms with Gasteiger partial charge in [-0.25, -0.2) is 18.8 Å². The molecule has 0 bridgehead atoms. The van der Waals surface area contributed by atoms with Crippen molar-refractivity contribution in [3.8, 4) is 28.4 Å². The third-order valence-electron chi connectivity index (χ3n) is 7.36. The Labute approximate surface area is 255 Å². The topological polar surface area (TPSA) is 160 Å². The molecule has 0 unspecified atom stereocenters. The molecule has 0 saturated carbocycles. The molecule has 4 aromatic carbocycles. The number of benzene rings is 4. The Morgan fingerprint density at radius 1 is 0.756 bits per heavy atom. The highest BCUT2D eigenvalue weighted by atomic mass is 19.1. The number of fused-ring (bicyclic) bond motifs is 1. The summed E-state index contributed by atoms with van der Waals surface area (Å²) in [6.45, 7) is 0.000391. The summed E-state index contributed by atoms with van der Waals surface area (Å²) < 4.78 is 27.9. The molecule has 1 aliphatic carbocycles. The molecule has 0 spiro atoms. The van der Waals surface area contributed by atoms with Crippen LogP contribution in [0.2, 0.25) is 0 Å². The van der Waals surface area contributed by atoms with Crippen LogP contribution in [0.1, 0.15) is 45.9 Å². The van der Waals surface area contributed by atoms with Crippen molar-refractivity contribution in [3.63, 3.8) is 0 Å². The molecule has 12 heteroatoms. The van der Waals surface area contributed by atoms with E-state index >= 15 is 0 Å². The summed E-state index contributed by atoms with van der Waals surface area (Å²) in [6, 6.07) is 21.9. The number of carbonyl (C=O) groups is 4. The molecule has 45 heavy (non-hydrogen) atoms. The lowest BCUT2D eigenvalue weighted by Crippen LogP contribution is -2.36. The molecule has 0 aliphatic heterocycles. The number of amides is 1. The third-order valence-corrected chi connectivity index (χ3v) is 7.36. The summed E-state index contributed by atoms with van der Waals surface area (Å²) in [4.78, 5) is 50.4. The quantitative estimate of drug-likeness (QED) is 0.135. The number of aryl methyl sites for hydroxylation is 1. The van der Waals surface area contributed by atoms with Gasteiger partial charge in [0.05, 0.1) is 11.6 Å². The number of carboxylic acid groups (broad SMARTS) is 3. The Balaban J connectivity index is 1.67. The van der Waals surface area contributed by atoms with Gasteiger partial charge in [0, 0.05) is 18.7 Å². The van der Waals surface area contributed by atoms with E-state index in [-0.39, 0.29) is 6.54 Å². The van der Waals surface area contributed by atoms with Crippen molar-refractivity contribution in [1.82, 2.24) is 4.90 Å². The predicted molar refractivity (Wildman–Crippen MR) is 156 cm³/mol. The van der Waals surface area contributed by atoms with Gasteiger partial charge >= 0.3 is 18.5 Å². The maximum Gasteiger partial charge on any atom is 0.511 e. The van der Waals surface area contributed by atoms with E-state index in [0.717, 1.165) is 41.7 Å². The van der Waals surface area contributed by atoms with Crippen molar-refractivity contribution in [2.75, 3.05) is 0 Å². The first-order valence-electron chi connectivity index (χ1n) is 13.7. The number of carbonyl (C=O) groups excluding carboxylic acids is 1. The molecule has 0 fully saturated rings. The molecule has 0 radical (unpaired) electrons. The molecule has 3 N–H and O–H groups in total. The fourth-order valence-corrected chi connectivity index (χ4v) is 5.52. The van der Waals surface area contributed by atoms with Crippen molar-refractivity contribution in [3.05, 3.63) is 113 Å². The van der Waals surface area contributed by atoms with Gasteiger partial charge in [0.1, 0.15) is 5.82 Å². The van der Waals surface area contributed by atoms with Crippen molar-refractivity contribution >= 4 is 24.4 Å². The van der Waals surface area contributed by atoms with Crippen molar-refractivity contribution < 1.29 is 53.1 Å². The summed E-state index contributed by atoms with van der Waals surface area (Å²) in [7, 11) is 0. The normalized spacial score (nSPS) is 13.7. The van der Waals surface area contributed by atoms with Gasteiger partial charge in [-0.05, 0) is 59.2 Å². The van der Waals surface area contributed by atoms with Gasteiger partial charge < -0.3 is 34.4 Å². The van der Waals surface area contributed by atoms with Gasteiger partial charge in [-0.3, -0.25) is 4.79 Å². The number of nitrogens with zero attached hydrogens (tertiary/aromatic N) is 1. The molecule has 1 amide bonds. The zero-order valence-corrected chi connectivity index (χ0v) is 23.5. The van der Waals surface area contributed by atoms with E-state index in [1.807, 2.05) is 36.4 Å². The molecule has 0 aromatic heterocycles. The Bertz CT molecular complexity index is 1770. The standard InChI is InChI=1S/C33H26FNO10/c34-22-14-12-20(13-15-22)23-9-3-2-7-21(23)18-35(26-11-5-8-19-6-1-4-10-24(19)26)30(36)25-16-28(44-32(39)40)29(45-33(41)42)17-27(25)43-31(37)38/h1-4,6-7,9-10,12-17,26H,5,8,11,18H2,(H,37,38)(H,39,40)(H,41,42)/t26-/m0/s1. The molecule has 230 valence electrons. The average molecular weight is 616 g/mol. The number of hydrogen-bond acceptors (Lipinski definition) is 7. The second-order valence-electron chi connectivity index (χ2n) is 10.1. The lowest BCUT2D eigenvalue weighted by atomic mass is 9.86. The molecule has 11 nitrogen and oxygen atoms in total. The van der Waals surface area contributed by atoms with Gasteiger partial charge in [0.2, 0.25) is 0 Å². The van der Waals surface area contributed by atoms with Crippen LogP contribution >= 0.6 is 0 Å². The smallest absolute Gasteiger partial charge is 0.449 e. The highest BCUT2D eigenvalue weighted by molar-refractivity contribution is 5.99. The first-order valence-corrected chi connectivity index (χ1v) is 13.7. The maximum absolute atomic E-state index is 14.6. The fourth-order valence-electron chi connectivity index (χ4n) is 5.52. The van der Waals surface area contributed by atoms with Gasteiger partial charge in [-0.1, -0.05) is 60.7 Å². The van der Waals surface area contributed by atoms with E-state index in [1.165, 1.54) is 17.0 Å². The first kappa shape index (κ1) is 30.5. The number of ether oxygens (including phenoxy) is 3. The zero-order chi connectivity index (χ0) is 32.1. The number of rotatable bonds is 8. The van der Waals surface area contributed by atoms with Crippen LogP contribution in [-0.2, 0) is 13.0 Å². The van der Waals surface area contributed by atoms with E-state index in [4.69, 9.17) is 14.6 Å². The van der Waals surface area contributed by atoms with Crippen LogP contribution in [0.5, 0.6) is 17.2 Å². The van der Waals surface area contributed by atoms with Crippen LogP contribution in [-0.4, -0.2) is 44.6 Å². The van der Waals surface area contributed by atoms with E-state index in [1.54, 1.807) is 24.3 Å². The van der Waals surface area contributed by atoms with E-state index in [9.17, 15) is 33.8 Å². The predicted octanol–water partition coefficient (Wildman–Crippen LogP) is 7.38. The highest BCUT2D eigenvalue weighted by Gasteiger charge is 2.33. The van der Waals surface area contributed by atoms with Crippen LogP contribution in [0.15, 0.2) is 84.9 Å².